The van der Waals surface area contributed by atoms with Crippen LogP contribution in [0.25, 0.3) is 0 Å². The molecule has 0 radical (unpaired) electrons. The zero-order chi connectivity index (χ0) is 16.9. The van der Waals surface area contributed by atoms with Crippen LogP contribution in [0.3, 0.4) is 0 Å². The first kappa shape index (κ1) is 17.8. The van der Waals surface area contributed by atoms with Crippen molar-refractivity contribution in [3.63, 3.8) is 0 Å². The van der Waals surface area contributed by atoms with Crippen LogP contribution in [0.4, 0.5) is 0 Å². The van der Waals surface area contributed by atoms with Crippen molar-refractivity contribution in [2.24, 2.45) is 4.99 Å². The van der Waals surface area contributed by atoms with E-state index in [-0.39, 0.29) is 6.10 Å². The second-order valence-corrected chi connectivity index (χ2v) is 5.98. The predicted molar refractivity (Wildman–Crippen MR) is 87.7 cm³/mol. The lowest BCUT2D eigenvalue weighted by Crippen LogP contribution is -2.48. The molecule has 1 fully saturated rings. The third kappa shape index (κ3) is 4.95. The van der Waals surface area contributed by atoms with Gasteiger partial charge in [0.2, 0.25) is 0 Å². The van der Waals surface area contributed by atoms with Gasteiger partial charge in [-0.15, -0.1) is 0 Å². The lowest BCUT2D eigenvalue weighted by molar-refractivity contribution is -0.0850. The summed E-state index contributed by atoms with van der Waals surface area (Å²) >= 11 is 0. The molecular weight excluding hydrogens is 298 g/mol. The van der Waals surface area contributed by atoms with Gasteiger partial charge in [0.05, 0.1) is 32.5 Å². The lowest BCUT2D eigenvalue weighted by atomic mass is 9.96. The Morgan fingerprint density at radius 2 is 2.17 bits per heavy atom. The normalized spacial score (nSPS) is 21.8. The quantitative estimate of drug-likeness (QED) is 0.545. The molecule has 1 saturated heterocycles. The SMILES string of the molecule is CN=C(NCC1COCCO1)NCC(C)(O)c1cc(C)oc1C. The van der Waals surface area contributed by atoms with Gasteiger partial charge in [0.25, 0.3) is 0 Å². The number of nitrogens with zero attached hydrogens (tertiary/aromatic N) is 1. The molecule has 0 amide bonds. The minimum absolute atomic E-state index is 0.0153. The molecule has 0 aromatic carbocycles. The minimum atomic E-state index is -1.05. The van der Waals surface area contributed by atoms with E-state index in [0.717, 1.165) is 17.1 Å². The Hall–Kier alpha value is -1.57. The molecule has 23 heavy (non-hydrogen) atoms. The van der Waals surface area contributed by atoms with Crippen LogP contribution in [-0.2, 0) is 15.1 Å². The smallest absolute Gasteiger partial charge is 0.191 e. The van der Waals surface area contributed by atoms with Crippen LogP contribution in [-0.4, -0.2) is 57.1 Å². The first-order chi connectivity index (χ1) is 10.9. The number of ether oxygens (including phenoxy) is 2. The van der Waals surface area contributed by atoms with Crippen molar-refractivity contribution in [2.75, 3.05) is 40.0 Å². The van der Waals surface area contributed by atoms with Crippen molar-refractivity contribution < 1.29 is 19.0 Å². The maximum absolute atomic E-state index is 10.7. The highest BCUT2D eigenvalue weighted by Crippen LogP contribution is 2.26. The molecule has 1 aromatic heterocycles. The molecule has 1 aromatic rings. The Kier molecular flexibility index (Phi) is 6.04. The largest absolute Gasteiger partial charge is 0.466 e. The maximum atomic E-state index is 10.7. The fourth-order valence-corrected chi connectivity index (χ4v) is 2.60. The van der Waals surface area contributed by atoms with Gasteiger partial charge in [0.15, 0.2) is 5.96 Å². The van der Waals surface area contributed by atoms with Gasteiger partial charge in [0, 0.05) is 19.2 Å². The van der Waals surface area contributed by atoms with Crippen molar-refractivity contribution in [3.8, 4) is 0 Å². The highest BCUT2D eigenvalue weighted by Gasteiger charge is 2.28. The van der Waals surface area contributed by atoms with E-state index in [0.29, 0.717) is 38.9 Å². The number of aryl methyl sites for hydroxylation is 2. The zero-order valence-corrected chi connectivity index (χ0v) is 14.3. The summed E-state index contributed by atoms with van der Waals surface area (Å²) in [6, 6.07) is 1.86. The molecule has 7 heteroatoms. The highest BCUT2D eigenvalue weighted by atomic mass is 16.6. The zero-order valence-electron chi connectivity index (χ0n) is 14.3. The predicted octanol–water partition coefficient (Wildman–Crippen LogP) is 0.684. The summed E-state index contributed by atoms with van der Waals surface area (Å²) in [6.45, 7) is 8.23. The van der Waals surface area contributed by atoms with Gasteiger partial charge in [-0.2, -0.15) is 0 Å². The molecule has 0 spiro atoms. The summed E-state index contributed by atoms with van der Waals surface area (Å²) < 4.78 is 16.4. The topological polar surface area (TPSA) is 88.3 Å². The van der Waals surface area contributed by atoms with E-state index in [1.165, 1.54) is 0 Å². The Balaban J connectivity index is 1.85. The van der Waals surface area contributed by atoms with E-state index in [2.05, 4.69) is 15.6 Å². The molecule has 2 rings (SSSR count). The summed E-state index contributed by atoms with van der Waals surface area (Å²) in [5, 5.41) is 17.0. The van der Waals surface area contributed by atoms with Crippen LogP contribution < -0.4 is 10.6 Å². The van der Waals surface area contributed by atoms with E-state index in [9.17, 15) is 5.11 Å². The second kappa shape index (κ2) is 7.81. The number of guanidine groups is 1. The Bertz CT molecular complexity index is 533. The second-order valence-electron chi connectivity index (χ2n) is 5.98. The average molecular weight is 325 g/mol. The summed E-state index contributed by atoms with van der Waals surface area (Å²) in [4.78, 5) is 4.16. The van der Waals surface area contributed by atoms with Crippen LogP contribution >= 0.6 is 0 Å². The van der Waals surface area contributed by atoms with Crippen molar-refractivity contribution >= 4 is 5.96 Å². The monoisotopic (exact) mass is 325 g/mol. The van der Waals surface area contributed by atoms with Crippen molar-refractivity contribution in [1.29, 1.82) is 0 Å². The Labute approximate surface area is 137 Å². The van der Waals surface area contributed by atoms with Crippen LogP contribution in [0.2, 0.25) is 0 Å². The van der Waals surface area contributed by atoms with E-state index < -0.39 is 5.60 Å². The lowest BCUT2D eigenvalue weighted by Gasteiger charge is -2.26. The molecule has 2 unspecified atom stereocenters. The minimum Gasteiger partial charge on any atom is -0.466 e. The number of hydrogen-bond donors (Lipinski definition) is 3. The van der Waals surface area contributed by atoms with Crippen LogP contribution in [0.1, 0.15) is 24.0 Å². The van der Waals surface area contributed by atoms with Crippen LogP contribution in [0.5, 0.6) is 0 Å². The molecule has 1 aliphatic rings. The van der Waals surface area contributed by atoms with E-state index in [1.54, 1.807) is 14.0 Å². The fourth-order valence-electron chi connectivity index (χ4n) is 2.60. The number of rotatable bonds is 5. The first-order valence-electron chi connectivity index (χ1n) is 7.86. The Morgan fingerprint density at radius 1 is 1.39 bits per heavy atom. The van der Waals surface area contributed by atoms with Crippen molar-refractivity contribution in [2.45, 2.75) is 32.5 Å². The standard InChI is InChI=1S/C16H27N3O4/c1-11-7-14(12(2)23-11)16(3,20)10-19-15(17-4)18-8-13-9-21-5-6-22-13/h7,13,20H,5-6,8-10H2,1-4H3,(H2,17,18,19). The van der Waals surface area contributed by atoms with Crippen LogP contribution in [0, 0.1) is 13.8 Å². The molecule has 7 nitrogen and oxygen atoms in total. The summed E-state index contributed by atoms with van der Waals surface area (Å²) in [7, 11) is 1.69. The number of furan rings is 1. The van der Waals surface area contributed by atoms with Gasteiger partial charge in [0.1, 0.15) is 17.1 Å². The van der Waals surface area contributed by atoms with E-state index in [1.807, 2.05) is 19.9 Å². The molecule has 0 aliphatic carbocycles. The molecule has 2 heterocycles. The van der Waals surface area contributed by atoms with Gasteiger partial charge in [-0.05, 0) is 26.8 Å². The summed E-state index contributed by atoms with van der Waals surface area (Å²) in [5.41, 5.74) is -0.272. The van der Waals surface area contributed by atoms with E-state index >= 15 is 0 Å². The number of aliphatic imine (C=N–C) groups is 1. The maximum Gasteiger partial charge on any atom is 0.191 e. The Morgan fingerprint density at radius 3 is 2.74 bits per heavy atom. The van der Waals surface area contributed by atoms with Gasteiger partial charge in [-0.1, -0.05) is 0 Å². The molecule has 130 valence electrons. The number of hydrogen-bond acceptors (Lipinski definition) is 5. The molecule has 0 saturated carbocycles. The van der Waals surface area contributed by atoms with E-state index in [4.69, 9.17) is 13.9 Å². The van der Waals surface area contributed by atoms with Gasteiger partial charge in [-0.25, -0.2) is 0 Å². The summed E-state index contributed by atoms with van der Waals surface area (Å²) in [5.74, 6) is 2.12. The number of nitrogens with one attached hydrogen (secondary N) is 2. The first-order valence-corrected chi connectivity index (χ1v) is 7.86. The van der Waals surface area contributed by atoms with Crippen molar-refractivity contribution in [3.05, 3.63) is 23.2 Å². The highest BCUT2D eigenvalue weighted by molar-refractivity contribution is 5.79. The molecule has 1 aliphatic heterocycles. The van der Waals surface area contributed by atoms with Crippen LogP contribution in [0.15, 0.2) is 15.5 Å². The van der Waals surface area contributed by atoms with Crippen molar-refractivity contribution in [1.82, 2.24) is 10.6 Å². The molecule has 0 bridgehead atoms. The average Bonchev–Trinajstić information content (AvgIpc) is 2.88. The number of aliphatic hydroxyl groups is 1. The third-order valence-corrected chi connectivity index (χ3v) is 3.83. The molecule has 2 atom stereocenters. The summed E-state index contributed by atoms with van der Waals surface area (Å²) in [6.07, 6.45) is 0.0153. The third-order valence-electron chi connectivity index (χ3n) is 3.83. The van der Waals surface area contributed by atoms with Gasteiger partial charge < -0.3 is 29.6 Å². The van der Waals surface area contributed by atoms with Gasteiger partial charge in [-0.3, -0.25) is 4.99 Å². The molecule has 3 N–H and O–H groups in total. The van der Waals surface area contributed by atoms with Gasteiger partial charge >= 0.3 is 0 Å². The fraction of sp³-hybridized carbons (Fsp3) is 0.688. The molecular formula is C16H27N3O4.